The molecule has 7 nitrogen and oxygen atoms in total. The Bertz CT molecular complexity index is 829. The van der Waals surface area contributed by atoms with Crippen molar-refractivity contribution in [1.82, 2.24) is 20.4 Å². The highest BCUT2D eigenvalue weighted by molar-refractivity contribution is 6.05. The summed E-state index contributed by atoms with van der Waals surface area (Å²) < 4.78 is 0. The lowest BCUT2D eigenvalue weighted by molar-refractivity contribution is -0.136. The fourth-order valence-corrected chi connectivity index (χ4v) is 4.30. The summed E-state index contributed by atoms with van der Waals surface area (Å²) in [6.07, 6.45) is 2.33. The highest BCUT2D eigenvalue weighted by Gasteiger charge is 2.39. The number of allylic oxidation sites excluding steroid dienone is 1. The third-order valence-corrected chi connectivity index (χ3v) is 5.93. The molecule has 0 aromatic heterocycles. The number of carbonyl (C=O) groups is 3. The number of fused-ring (bicyclic) bond motifs is 1. The molecule has 0 saturated carbocycles. The van der Waals surface area contributed by atoms with Crippen molar-refractivity contribution in [2.45, 2.75) is 38.3 Å². The van der Waals surface area contributed by atoms with Gasteiger partial charge in [0.15, 0.2) is 0 Å². The fraction of sp³-hybridized carbons (Fsp3) is 0.476. The Labute approximate surface area is 164 Å². The minimum absolute atomic E-state index is 0.118. The highest BCUT2D eigenvalue weighted by atomic mass is 16.2. The van der Waals surface area contributed by atoms with Gasteiger partial charge in [-0.2, -0.15) is 0 Å². The predicted molar refractivity (Wildman–Crippen MR) is 104 cm³/mol. The maximum atomic E-state index is 12.9. The second-order valence-corrected chi connectivity index (χ2v) is 7.65. The Balaban J connectivity index is 1.46. The largest absolute Gasteiger partial charge is 0.373 e. The van der Waals surface area contributed by atoms with Crippen LogP contribution < -0.4 is 10.6 Å². The molecule has 1 unspecified atom stereocenters. The van der Waals surface area contributed by atoms with E-state index in [4.69, 9.17) is 0 Å². The first-order valence-electron chi connectivity index (χ1n) is 9.93. The number of carbonyl (C=O) groups excluding carboxylic acids is 3. The molecule has 148 valence electrons. The van der Waals surface area contributed by atoms with Crippen molar-refractivity contribution in [2.24, 2.45) is 0 Å². The van der Waals surface area contributed by atoms with Gasteiger partial charge in [-0.1, -0.05) is 18.7 Å². The molecule has 0 radical (unpaired) electrons. The van der Waals surface area contributed by atoms with Crippen molar-refractivity contribution in [2.75, 3.05) is 26.2 Å². The van der Waals surface area contributed by atoms with E-state index < -0.39 is 6.04 Å². The molecule has 3 aliphatic rings. The van der Waals surface area contributed by atoms with Crippen molar-refractivity contribution in [3.8, 4) is 0 Å². The van der Waals surface area contributed by atoms with Crippen LogP contribution >= 0.6 is 0 Å². The third kappa shape index (κ3) is 3.54. The lowest BCUT2D eigenvalue weighted by atomic mass is 9.98. The minimum Gasteiger partial charge on any atom is -0.373 e. The normalized spacial score (nSPS) is 22.3. The van der Waals surface area contributed by atoms with Crippen molar-refractivity contribution < 1.29 is 14.4 Å². The predicted octanol–water partition coefficient (Wildman–Crippen LogP) is 0.799. The summed E-state index contributed by atoms with van der Waals surface area (Å²) in [5, 5.41) is 5.70. The van der Waals surface area contributed by atoms with Crippen LogP contribution in [0.2, 0.25) is 0 Å². The van der Waals surface area contributed by atoms with Crippen LogP contribution in [0.25, 0.3) is 0 Å². The smallest absolute Gasteiger partial charge is 0.255 e. The number of aryl methyl sites for hydroxylation is 1. The van der Waals surface area contributed by atoms with E-state index in [-0.39, 0.29) is 24.1 Å². The molecule has 0 bridgehead atoms. The lowest BCUT2D eigenvalue weighted by Gasteiger charge is -2.31. The van der Waals surface area contributed by atoms with Gasteiger partial charge in [0.1, 0.15) is 6.04 Å². The molecule has 3 amide bonds. The first-order chi connectivity index (χ1) is 13.5. The van der Waals surface area contributed by atoms with Gasteiger partial charge in [0.05, 0.1) is 0 Å². The fourth-order valence-electron chi connectivity index (χ4n) is 4.30. The van der Waals surface area contributed by atoms with E-state index in [1.165, 1.54) is 0 Å². The van der Waals surface area contributed by atoms with Gasteiger partial charge in [-0.25, -0.2) is 0 Å². The maximum Gasteiger partial charge on any atom is 0.255 e. The van der Waals surface area contributed by atoms with Crippen LogP contribution in [0.3, 0.4) is 0 Å². The molecule has 2 N–H and O–H groups in total. The monoisotopic (exact) mass is 382 g/mol. The zero-order chi connectivity index (χ0) is 19.7. The summed E-state index contributed by atoms with van der Waals surface area (Å²) in [6, 6.07) is 5.23. The van der Waals surface area contributed by atoms with Crippen molar-refractivity contribution in [1.29, 1.82) is 0 Å². The first kappa shape index (κ1) is 18.7. The Morgan fingerprint density at radius 1 is 1.18 bits per heavy atom. The van der Waals surface area contributed by atoms with E-state index in [0.717, 1.165) is 55.8 Å². The van der Waals surface area contributed by atoms with Gasteiger partial charge in [-0.15, -0.1) is 0 Å². The molecule has 3 aliphatic heterocycles. The number of amides is 3. The number of hydrogen-bond donors (Lipinski definition) is 2. The number of imide groups is 1. The quantitative estimate of drug-likeness (QED) is 0.737. The Morgan fingerprint density at radius 3 is 2.71 bits per heavy atom. The average molecular weight is 382 g/mol. The number of nitrogens with zero attached hydrogens (tertiary/aromatic N) is 2. The van der Waals surface area contributed by atoms with Crippen LogP contribution in [-0.2, 0) is 22.6 Å². The molecule has 28 heavy (non-hydrogen) atoms. The second kappa shape index (κ2) is 7.75. The third-order valence-electron chi connectivity index (χ3n) is 5.93. The first-order valence-corrected chi connectivity index (χ1v) is 9.93. The van der Waals surface area contributed by atoms with E-state index in [1.807, 2.05) is 12.1 Å². The molecule has 2 saturated heterocycles. The summed E-state index contributed by atoms with van der Waals surface area (Å²) >= 11 is 0. The van der Waals surface area contributed by atoms with Gasteiger partial charge in [0.25, 0.3) is 5.91 Å². The van der Waals surface area contributed by atoms with Crippen LogP contribution in [0, 0.1) is 0 Å². The minimum atomic E-state index is -0.568. The number of piperidine rings is 1. The van der Waals surface area contributed by atoms with E-state index in [2.05, 4.69) is 28.2 Å². The van der Waals surface area contributed by atoms with E-state index >= 15 is 0 Å². The summed E-state index contributed by atoms with van der Waals surface area (Å²) in [7, 11) is 0. The zero-order valence-corrected chi connectivity index (χ0v) is 16.0. The number of hydrogen-bond acceptors (Lipinski definition) is 5. The Kier molecular flexibility index (Phi) is 5.17. The van der Waals surface area contributed by atoms with E-state index in [0.29, 0.717) is 18.5 Å². The standard InChI is InChI=1S/C21H26N4O3/c1-14(24-11-9-22-10-12-24)5-6-15-3-2-4-16-17(15)13-25(21(16)28)18-7-8-19(26)23-20(18)27/h2-4,18,22H,1,5-13H2,(H,23,26,27). The van der Waals surface area contributed by atoms with Gasteiger partial charge in [0.2, 0.25) is 11.8 Å². The van der Waals surface area contributed by atoms with E-state index in [1.54, 1.807) is 4.90 Å². The van der Waals surface area contributed by atoms with Crippen molar-refractivity contribution >= 4 is 17.7 Å². The summed E-state index contributed by atoms with van der Waals surface area (Å²) in [6.45, 7) is 8.59. The topological polar surface area (TPSA) is 81.8 Å². The number of benzene rings is 1. The Hall–Kier alpha value is -2.67. The number of rotatable bonds is 5. The highest BCUT2D eigenvalue weighted by Crippen LogP contribution is 2.30. The molecule has 1 aromatic rings. The number of nitrogens with one attached hydrogen (secondary N) is 2. The molecule has 3 heterocycles. The summed E-state index contributed by atoms with van der Waals surface area (Å²) in [4.78, 5) is 40.5. The van der Waals surface area contributed by atoms with Gasteiger partial charge < -0.3 is 15.1 Å². The van der Waals surface area contributed by atoms with Crippen LogP contribution in [0.5, 0.6) is 0 Å². The summed E-state index contributed by atoms with van der Waals surface area (Å²) in [5.41, 5.74) is 3.95. The van der Waals surface area contributed by atoms with Gasteiger partial charge >= 0.3 is 0 Å². The Morgan fingerprint density at radius 2 is 1.96 bits per heavy atom. The van der Waals surface area contributed by atoms with Gasteiger partial charge in [0, 0.05) is 50.4 Å². The summed E-state index contributed by atoms with van der Waals surface area (Å²) in [5.74, 6) is -0.754. The zero-order valence-electron chi connectivity index (χ0n) is 16.0. The molecule has 1 atom stereocenters. The lowest BCUT2D eigenvalue weighted by Crippen LogP contribution is -2.52. The molecule has 0 spiro atoms. The molecule has 2 fully saturated rings. The van der Waals surface area contributed by atoms with Gasteiger partial charge in [-0.05, 0) is 36.5 Å². The average Bonchev–Trinajstić information content (AvgIpc) is 3.04. The van der Waals surface area contributed by atoms with Gasteiger partial charge in [-0.3, -0.25) is 19.7 Å². The van der Waals surface area contributed by atoms with Crippen LogP contribution in [0.1, 0.15) is 40.7 Å². The SMILES string of the molecule is C=C(CCc1cccc2c1CN(C1CCC(=O)NC1=O)C2=O)N1CCNCC1. The molecule has 4 rings (SSSR count). The van der Waals surface area contributed by atoms with E-state index in [9.17, 15) is 14.4 Å². The number of piperazine rings is 1. The molecule has 7 heteroatoms. The second-order valence-electron chi connectivity index (χ2n) is 7.65. The van der Waals surface area contributed by atoms with Crippen molar-refractivity contribution in [3.05, 3.63) is 47.2 Å². The van der Waals surface area contributed by atoms with Crippen LogP contribution in [0.4, 0.5) is 0 Å². The molecule has 0 aliphatic carbocycles. The van der Waals surface area contributed by atoms with Crippen LogP contribution in [-0.4, -0.2) is 59.7 Å². The van der Waals surface area contributed by atoms with Crippen molar-refractivity contribution in [3.63, 3.8) is 0 Å². The molecular weight excluding hydrogens is 356 g/mol. The van der Waals surface area contributed by atoms with Crippen LogP contribution in [0.15, 0.2) is 30.5 Å². The maximum absolute atomic E-state index is 12.9. The molecular formula is C21H26N4O3. The molecule has 1 aromatic carbocycles.